The monoisotopic (exact) mass is 195 g/mol. The first-order valence-electron chi connectivity index (χ1n) is 4.61. The van der Waals surface area contributed by atoms with Crippen LogP contribution in [0.5, 0.6) is 0 Å². The van der Waals surface area contributed by atoms with Crippen molar-refractivity contribution in [3.05, 3.63) is 41.1 Å². The van der Waals surface area contributed by atoms with Gasteiger partial charge in [-0.15, -0.1) is 0 Å². The van der Waals surface area contributed by atoms with Crippen LogP contribution in [-0.2, 0) is 6.42 Å². The van der Waals surface area contributed by atoms with E-state index in [0.29, 0.717) is 17.7 Å². The number of allylic oxidation sites excluding steroid dienone is 2. The molecule has 1 aliphatic heterocycles. The molecule has 3 heteroatoms. The van der Waals surface area contributed by atoms with Gasteiger partial charge < -0.3 is 5.32 Å². The molecule has 1 aliphatic rings. The van der Waals surface area contributed by atoms with E-state index in [4.69, 9.17) is 0 Å². The molecule has 1 aromatic carbocycles. The van der Waals surface area contributed by atoms with E-state index in [0.717, 1.165) is 18.2 Å². The Morgan fingerprint density at radius 2 is 2.07 bits per heavy atom. The fourth-order valence-electron chi connectivity index (χ4n) is 1.67. The summed E-state index contributed by atoms with van der Waals surface area (Å²) < 4.78 is 26.1. The number of anilines is 1. The second-order valence-electron chi connectivity index (χ2n) is 3.33. The van der Waals surface area contributed by atoms with E-state index in [1.807, 2.05) is 13.0 Å². The van der Waals surface area contributed by atoms with Crippen LogP contribution in [0.4, 0.5) is 14.5 Å². The number of hydrogen-bond donors (Lipinski definition) is 1. The average Bonchev–Trinajstić information content (AvgIpc) is 2.23. The van der Waals surface area contributed by atoms with E-state index in [9.17, 15) is 8.78 Å². The van der Waals surface area contributed by atoms with Gasteiger partial charge in [-0.25, -0.2) is 8.78 Å². The molecule has 74 valence electrons. The number of nitrogens with one attached hydrogen (secondary N) is 1. The molecule has 1 nitrogen and oxygen atoms in total. The van der Waals surface area contributed by atoms with Crippen LogP contribution in [0.15, 0.2) is 23.9 Å². The second-order valence-corrected chi connectivity index (χ2v) is 3.33. The SMILES string of the molecule is CC=C1CCc2c(ccc(F)c2F)N1. The summed E-state index contributed by atoms with van der Waals surface area (Å²) in [6.45, 7) is 1.92. The van der Waals surface area contributed by atoms with Gasteiger partial charge in [0, 0.05) is 16.9 Å². The first-order chi connectivity index (χ1) is 6.72. The minimum Gasteiger partial charge on any atom is -0.359 e. The third kappa shape index (κ3) is 1.39. The maximum absolute atomic E-state index is 13.3. The summed E-state index contributed by atoms with van der Waals surface area (Å²) in [5.41, 5.74) is 2.20. The smallest absolute Gasteiger partial charge is 0.164 e. The van der Waals surface area contributed by atoms with Crippen molar-refractivity contribution in [2.75, 3.05) is 5.32 Å². The summed E-state index contributed by atoms with van der Waals surface area (Å²) >= 11 is 0. The van der Waals surface area contributed by atoms with E-state index in [1.54, 1.807) is 6.07 Å². The molecular formula is C11H11F2N. The first kappa shape index (κ1) is 9.19. The minimum absolute atomic E-state index is 0.454. The molecule has 1 aromatic rings. The molecule has 0 amide bonds. The fourth-order valence-corrected chi connectivity index (χ4v) is 1.67. The van der Waals surface area contributed by atoms with Gasteiger partial charge in [-0.3, -0.25) is 0 Å². The highest BCUT2D eigenvalue weighted by Gasteiger charge is 2.18. The van der Waals surface area contributed by atoms with Crippen molar-refractivity contribution in [3.8, 4) is 0 Å². The lowest BCUT2D eigenvalue weighted by atomic mass is 10.0. The number of halogens is 2. The summed E-state index contributed by atoms with van der Waals surface area (Å²) in [7, 11) is 0. The largest absolute Gasteiger partial charge is 0.359 e. The van der Waals surface area contributed by atoms with Crippen molar-refractivity contribution in [1.82, 2.24) is 0 Å². The lowest BCUT2D eigenvalue weighted by Crippen LogP contribution is -2.12. The molecule has 14 heavy (non-hydrogen) atoms. The van der Waals surface area contributed by atoms with Gasteiger partial charge >= 0.3 is 0 Å². The van der Waals surface area contributed by atoms with Crippen molar-refractivity contribution >= 4 is 5.69 Å². The Hall–Kier alpha value is -1.38. The quantitative estimate of drug-likeness (QED) is 0.670. The van der Waals surface area contributed by atoms with Crippen LogP contribution in [0.1, 0.15) is 18.9 Å². The third-order valence-electron chi connectivity index (χ3n) is 2.48. The molecule has 0 bridgehead atoms. The number of rotatable bonds is 0. The molecule has 0 unspecified atom stereocenters. The molecule has 0 atom stereocenters. The predicted octanol–water partition coefficient (Wildman–Crippen LogP) is 3.23. The van der Waals surface area contributed by atoms with Crippen molar-refractivity contribution in [2.45, 2.75) is 19.8 Å². The summed E-state index contributed by atoms with van der Waals surface area (Å²) in [6.07, 6.45) is 3.25. The Kier molecular flexibility index (Phi) is 2.23. The minimum atomic E-state index is -0.769. The number of hydrogen-bond acceptors (Lipinski definition) is 1. The Morgan fingerprint density at radius 1 is 1.29 bits per heavy atom. The zero-order valence-electron chi connectivity index (χ0n) is 7.90. The van der Waals surface area contributed by atoms with E-state index in [-0.39, 0.29) is 0 Å². The average molecular weight is 195 g/mol. The summed E-state index contributed by atoms with van der Waals surface area (Å²) in [6, 6.07) is 2.73. The van der Waals surface area contributed by atoms with Crippen LogP contribution < -0.4 is 5.32 Å². The molecule has 0 saturated carbocycles. The number of fused-ring (bicyclic) bond motifs is 1. The molecule has 2 rings (SSSR count). The molecule has 0 aliphatic carbocycles. The highest BCUT2D eigenvalue weighted by Crippen LogP contribution is 2.29. The van der Waals surface area contributed by atoms with Crippen LogP contribution in [0, 0.1) is 11.6 Å². The van der Waals surface area contributed by atoms with Gasteiger partial charge in [-0.2, -0.15) is 0 Å². The molecule has 0 radical (unpaired) electrons. The van der Waals surface area contributed by atoms with E-state index < -0.39 is 11.6 Å². The van der Waals surface area contributed by atoms with Crippen molar-refractivity contribution in [1.29, 1.82) is 0 Å². The van der Waals surface area contributed by atoms with Crippen LogP contribution >= 0.6 is 0 Å². The molecule has 0 fully saturated rings. The Balaban J connectivity index is 2.46. The van der Waals surface area contributed by atoms with E-state index >= 15 is 0 Å². The van der Waals surface area contributed by atoms with Gasteiger partial charge in [0.15, 0.2) is 11.6 Å². The van der Waals surface area contributed by atoms with Crippen molar-refractivity contribution in [3.63, 3.8) is 0 Å². The topological polar surface area (TPSA) is 12.0 Å². The van der Waals surface area contributed by atoms with E-state index in [1.165, 1.54) is 0 Å². The molecule has 0 saturated heterocycles. The third-order valence-corrected chi connectivity index (χ3v) is 2.48. The zero-order valence-corrected chi connectivity index (χ0v) is 7.90. The van der Waals surface area contributed by atoms with Gasteiger partial charge in [0.2, 0.25) is 0 Å². The van der Waals surface area contributed by atoms with Gasteiger partial charge in [-0.05, 0) is 31.9 Å². The Morgan fingerprint density at radius 3 is 2.79 bits per heavy atom. The zero-order chi connectivity index (χ0) is 10.1. The highest BCUT2D eigenvalue weighted by atomic mass is 19.2. The highest BCUT2D eigenvalue weighted by molar-refractivity contribution is 5.58. The predicted molar refractivity (Wildman–Crippen MR) is 52.1 cm³/mol. The van der Waals surface area contributed by atoms with Gasteiger partial charge in [0.25, 0.3) is 0 Å². The van der Waals surface area contributed by atoms with Crippen molar-refractivity contribution in [2.24, 2.45) is 0 Å². The maximum atomic E-state index is 13.3. The molecule has 1 heterocycles. The van der Waals surface area contributed by atoms with Gasteiger partial charge in [0.05, 0.1) is 0 Å². The van der Waals surface area contributed by atoms with Crippen LogP contribution in [0.2, 0.25) is 0 Å². The molecule has 0 spiro atoms. The molecule has 1 N–H and O–H groups in total. The summed E-state index contributed by atoms with van der Waals surface area (Å²) in [5, 5.41) is 3.07. The first-order valence-corrected chi connectivity index (χ1v) is 4.61. The second kappa shape index (κ2) is 3.40. The molecule has 0 aromatic heterocycles. The van der Waals surface area contributed by atoms with Crippen molar-refractivity contribution < 1.29 is 8.78 Å². The fraction of sp³-hybridized carbons (Fsp3) is 0.273. The van der Waals surface area contributed by atoms with Gasteiger partial charge in [-0.1, -0.05) is 6.08 Å². The normalized spacial score (nSPS) is 17.8. The standard InChI is InChI=1S/C11H11F2N/c1-2-7-3-4-8-10(14-7)6-5-9(12)11(8)13/h2,5-6,14H,3-4H2,1H3. The van der Waals surface area contributed by atoms with Crippen LogP contribution in [0.3, 0.4) is 0 Å². The summed E-state index contributed by atoms with van der Waals surface area (Å²) in [4.78, 5) is 0. The lowest BCUT2D eigenvalue weighted by molar-refractivity contribution is 0.498. The Labute approximate surface area is 81.4 Å². The summed E-state index contributed by atoms with van der Waals surface area (Å²) in [5.74, 6) is -1.49. The van der Waals surface area contributed by atoms with Crippen LogP contribution in [0.25, 0.3) is 0 Å². The molecular weight excluding hydrogens is 184 g/mol. The van der Waals surface area contributed by atoms with E-state index in [2.05, 4.69) is 5.32 Å². The number of benzene rings is 1. The van der Waals surface area contributed by atoms with Gasteiger partial charge in [0.1, 0.15) is 0 Å². The lowest BCUT2D eigenvalue weighted by Gasteiger charge is -2.21. The Bertz CT molecular complexity index is 397. The van der Waals surface area contributed by atoms with Crippen LogP contribution in [-0.4, -0.2) is 0 Å². The maximum Gasteiger partial charge on any atom is 0.164 e.